The summed E-state index contributed by atoms with van der Waals surface area (Å²) in [5.41, 5.74) is 0.842. The van der Waals surface area contributed by atoms with Gasteiger partial charge in [-0.1, -0.05) is 13.3 Å². The van der Waals surface area contributed by atoms with Crippen LogP contribution in [0.2, 0.25) is 5.54 Å². The van der Waals surface area contributed by atoms with Gasteiger partial charge in [-0.25, -0.2) is 0 Å². The van der Waals surface area contributed by atoms with E-state index in [2.05, 4.69) is 27.7 Å². The van der Waals surface area contributed by atoms with Gasteiger partial charge in [-0.05, 0) is 39.2 Å². The maximum Gasteiger partial charge on any atom is 0.165 e. The minimum Gasteiger partial charge on any atom is -0.419 e. The molecule has 0 spiro atoms. The molecule has 2 atom stereocenters. The third kappa shape index (κ3) is 8.77. The Kier molecular flexibility index (Phi) is 6.70. The van der Waals surface area contributed by atoms with Crippen LogP contribution in [0.25, 0.3) is 0 Å². The molecule has 4 heteroatoms. The first-order valence-electron chi connectivity index (χ1n) is 6.84. The normalized spacial score (nSPS) is 22.2. The SMILES string of the molecule is CCC(CCCOCC1CO1)[SiH2]OC(C)(C)C. The van der Waals surface area contributed by atoms with Gasteiger partial charge in [-0.3, -0.25) is 0 Å². The lowest BCUT2D eigenvalue weighted by molar-refractivity contribution is 0.111. The minimum atomic E-state index is -0.397. The highest BCUT2D eigenvalue weighted by Crippen LogP contribution is 2.19. The zero-order chi connectivity index (χ0) is 12.7. The molecule has 1 aliphatic rings. The second-order valence-corrected chi connectivity index (χ2v) is 7.65. The van der Waals surface area contributed by atoms with Gasteiger partial charge >= 0.3 is 0 Å². The highest BCUT2D eigenvalue weighted by molar-refractivity contribution is 6.29. The summed E-state index contributed by atoms with van der Waals surface area (Å²) in [6.07, 6.45) is 4.06. The van der Waals surface area contributed by atoms with Gasteiger partial charge in [0.05, 0.1) is 13.2 Å². The Labute approximate surface area is 108 Å². The van der Waals surface area contributed by atoms with Crippen molar-refractivity contribution in [1.82, 2.24) is 0 Å². The summed E-state index contributed by atoms with van der Waals surface area (Å²) >= 11 is 0. The molecule has 0 aromatic rings. The monoisotopic (exact) mass is 260 g/mol. The van der Waals surface area contributed by atoms with Crippen LogP contribution in [0.15, 0.2) is 0 Å². The molecule has 102 valence electrons. The molecule has 0 aromatic heterocycles. The van der Waals surface area contributed by atoms with Gasteiger partial charge in [0, 0.05) is 12.2 Å². The van der Waals surface area contributed by atoms with E-state index in [9.17, 15) is 0 Å². The van der Waals surface area contributed by atoms with Gasteiger partial charge in [-0.2, -0.15) is 0 Å². The third-order valence-corrected chi connectivity index (χ3v) is 5.43. The predicted molar refractivity (Wildman–Crippen MR) is 73.2 cm³/mol. The van der Waals surface area contributed by atoms with Crippen LogP contribution in [0.1, 0.15) is 47.0 Å². The van der Waals surface area contributed by atoms with E-state index in [-0.39, 0.29) is 5.60 Å². The zero-order valence-electron chi connectivity index (χ0n) is 11.8. The van der Waals surface area contributed by atoms with Gasteiger partial charge in [0.25, 0.3) is 0 Å². The van der Waals surface area contributed by atoms with Crippen LogP contribution in [0.3, 0.4) is 0 Å². The quantitative estimate of drug-likeness (QED) is 0.362. The summed E-state index contributed by atoms with van der Waals surface area (Å²) < 4.78 is 16.6. The molecule has 0 aromatic carbocycles. The summed E-state index contributed by atoms with van der Waals surface area (Å²) in [7, 11) is -0.397. The molecule has 0 radical (unpaired) electrons. The molecule has 3 nitrogen and oxygen atoms in total. The minimum absolute atomic E-state index is 0.0411. The summed E-state index contributed by atoms with van der Waals surface area (Å²) in [6, 6.07) is 0. The molecule has 1 fully saturated rings. The molecular formula is C13H28O3Si. The van der Waals surface area contributed by atoms with Gasteiger partial charge in [-0.15, -0.1) is 0 Å². The number of hydrogen-bond donors (Lipinski definition) is 0. The number of rotatable bonds is 9. The van der Waals surface area contributed by atoms with E-state index < -0.39 is 9.76 Å². The second kappa shape index (κ2) is 7.51. The average molecular weight is 260 g/mol. The van der Waals surface area contributed by atoms with Crippen LogP contribution in [0, 0.1) is 0 Å². The fraction of sp³-hybridized carbons (Fsp3) is 1.00. The van der Waals surface area contributed by atoms with Crippen molar-refractivity contribution in [3.8, 4) is 0 Å². The van der Waals surface area contributed by atoms with E-state index in [1.807, 2.05) is 0 Å². The van der Waals surface area contributed by atoms with E-state index in [1.165, 1.54) is 12.8 Å². The van der Waals surface area contributed by atoms with Crippen molar-refractivity contribution in [1.29, 1.82) is 0 Å². The summed E-state index contributed by atoms with van der Waals surface area (Å²) in [4.78, 5) is 0. The molecule has 1 rings (SSSR count). The van der Waals surface area contributed by atoms with Crippen LogP contribution in [-0.2, 0) is 13.9 Å². The molecule has 1 aliphatic heterocycles. The van der Waals surface area contributed by atoms with Crippen molar-refractivity contribution in [2.24, 2.45) is 0 Å². The fourth-order valence-electron chi connectivity index (χ4n) is 1.63. The van der Waals surface area contributed by atoms with Gasteiger partial charge < -0.3 is 13.9 Å². The van der Waals surface area contributed by atoms with Gasteiger partial charge in [0.15, 0.2) is 9.76 Å². The third-order valence-electron chi connectivity index (χ3n) is 2.94. The Morgan fingerprint density at radius 3 is 2.65 bits per heavy atom. The van der Waals surface area contributed by atoms with E-state index in [0.29, 0.717) is 6.10 Å². The number of epoxide rings is 1. The van der Waals surface area contributed by atoms with E-state index in [0.717, 1.165) is 31.8 Å². The van der Waals surface area contributed by atoms with Crippen LogP contribution >= 0.6 is 0 Å². The standard InChI is InChI=1S/C13H28O3Si/c1-5-12(17-16-13(2,3)4)7-6-8-14-9-11-10-15-11/h11-12H,5-10,17H2,1-4H3. The number of ether oxygens (including phenoxy) is 2. The number of hydrogen-bond acceptors (Lipinski definition) is 3. The fourth-order valence-corrected chi connectivity index (χ4v) is 3.05. The Morgan fingerprint density at radius 1 is 1.41 bits per heavy atom. The largest absolute Gasteiger partial charge is 0.419 e. The molecular weight excluding hydrogens is 232 g/mol. The zero-order valence-corrected chi connectivity index (χ0v) is 13.2. The Hall–Kier alpha value is 0.0969. The van der Waals surface area contributed by atoms with Gasteiger partial charge in [0.1, 0.15) is 6.10 Å². The van der Waals surface area contributed by atoms with Crippen molar-refractivity contribution < 1.29 is 13.9 Å². The molecule has 1 saturated heterocycles. The first-order valence-corrected chi connectivity index (χ1v) is 8.24. The van der Waals surface area contributed by atoms with E-state index in [1.54, 1.807) is 0 Å². The molecule has 0 saturated carbocycles. The highest BCUT2D eigenvalue weighted by Gasteiger charge is 2.22. The van der Waals surface area contributed by atoms with Crippen LogP contribution in [0.5, 0.6) is 0 Å². The summed E-state index contributed by atoms with van der Waals surface area (Å²) in [6.45, 7) is 11.3. The Balaban J connectivity index is 1.96. The lowest BCUT2D eigenvalue weighted by atomic mass is 10.2. The molecule has 0 amide bonds. The predicted octanol–water partition coefficient (Wildman–Crippen LogP) is 2.28. The molecule has 1 heterocycles. The van der Waals surface area contributed by atoms with Gasteiger partial charge in [0.2, 0.25) is 0 Å². The topological polar surface area (TPSA) is 31.0 Å². The maximum atomic E-state index is 5.97. The first-order chi connectivity index (χ1) is 8.01. The summed E-state index contributed by atoms with van der Waals surface area (Å²) in [5, 5.41) is 0. The van der Waals surface area contributed by atoms with Crippen molar-refractivity contribution in [3.05, 3.63) is 0 Å². The first kappa shape index (κ1) is 15.2. The van der Waals surface area contributed by atoms with E-state index >= 15 is 0 Å². The smallest absolute Gasteiger partial charge is 0.165 e. The molecule has 0 N–H and O–H groups in total. The highest BCUT2D eigenvalue weighted by atomic mass is 28.2. The van der Waals surface area contributed by atoms with Crippen molar-refractivity contribution in [2.75, 3.05) is 19.8 Å². The van der Waals surface area contributed by atoms with Crippen LogP contribution in [-0.4, -0.2) is 41.3 Å². The Bertz CT molecular complexity index is 199. The van der Waals surface area contributed by atoms with E-state index in [4.69, 9.17) is 13.9 Å². The van der Waals surface area contributed by atoms with Crippen molar-refractivity contribution in [3.63, 3.8) is 0 Å². The molecule has 2 unspecified atom stereocenters. The van der Waals surface area contributed by atoms with Crippen molar-refractivity contribution >= 4 is 9.76 Å². The van der Waals surface area contributed by atoms with Crippen LogP contribution < -0.4 is 0 Å². The molecule has 17 heavy (non-hydrogen) atoms. The average Bonchev–Trinajstić information content (AvgIpc) is 3.04. The lowest BCUT2D eigenvalue weighted by Crippen LogP contribution is -2.24. The molecule has 0 bridgehead atoms. The second-order valence-electron chi connectivity index (χ2n) is 5.87. The maximum absolute atomic E-state index is 5.97. The summed E-state index contributed by atoms with van der Waals surface area (Å²) in [5.74, 6) is 0. The molecule has 0 aliphatic carbocycles. The van der Waals surface area contributed by atoms with Crippen LogP contribution in [0.4, 0.5) is 0 Å². The Morgan fingerprint density at radius 2 is 2.12 bits per heavy atom. The lowest BCUT2D eigenvalue weighted by Gasteiger charge is -2.23. The van der Waals surface area contributed by atoms with Crippen molar-refractivity contribution in [2.45, 2.75) is 64.2 Å².